The van der Waals surface area contributed by atoms with E-state index in [0.29, 0.717) is 19.0 Å². The zero-order valence-electron chi connectivity index (χ0n) is 18.0. The Kier molecular flexibility index (Phi) is 5.28. The lowest BCUT2D eigenvalue weighted by atomic mass is 9.82. The molecule has 2 atom stereocenters. The van der Waals surface area contributed by atoms with E-state index in [1.54, 1.807) is 0 Å². The van der Waals surface area contributed by atoms with Gasteiger partial charge in [-0.1, -0.05) is 30.3 Å². The number of pyridine rings is 1. The molecule has 5 rings (SSSR count). The largest absolute Gasteiger partial charge is 0.337 e. The van der Waals surface area contributed by atoms with Gasteiger partial charge in [-0.05, 0) is 61.1 Å². The number of carbonyl (C=O) groups is 1. The number of amides is 1. The number of likely N-dealkylation sites (tertiary alicyclic amines) is 1. The van der Waals surface area contributed by atoms with Crippen LogP contribution >= 0.6 is 11.3 Å². The number of nitrogens with zero attached hydrogens (tertiary/aromatic N) is 3. The average molecular weight is 434 g/mol. The van der Waals surface area contributed by atoms with E-state index in [-0.39, 0.29) is 17.4 Å². The summed E-state index contributed by atoms with van der Waals surface area (Å²) in [5.74, 6) is 0.657. The van der Waals surface area contributed by atoms with Crippen molar-refractivity contribution in [1.29, 1.82) is 0 Å². The molecule has 5 nitrogen and oxygen atoms in total. The SMILES string of the molecule is CN(C)Cc1ccccc1-c1ccc2n(c1=O)C[C@@H]1C[C@@H]2CN(C(=O)c2cccs2)C1. The number of piperidine rings is 1. The van der Waals surface area contributed by atoms with Crippen LogP contribution in [0.1, 0.15) is 33.3 Å². The van der Waals surface area contributed by atoms with Gasteiger partial charge in [0.05, 0.1) is 4.88 Å². The maximum Gasteiger partial charge on any atom is 0.263 e. The average Bonchev–Trinajstić information content (AvgIpc) is 3.29. The molecule has 0 saturated carbocycles. The minimum absolute atomic E-state index is 0.0939. The fourth-order valence-corrected chi connectivity index (χ4v) is 5.83. The van der Waals surface area contributed by atoms with Crippen molar-refractivity contribution in [2.45, 2.75) is 25.4 Å². The van der Waals surface area contributed by atoms with Gasteiger partial charge in [-0.15, -0.1) is 11.3 Å². The molecule has 1 aromatic carbocycles. The zero-order valence-corrected chi connectivity index (χ0v) is 18.8. The Bertz CT molecular complexity index is 1170. The number of hydrogen-bond acceptors (Lipinski definition) is 4. The van der Waals surface area contributed by atoms with Crippen LogP contribution in [0, 0.1) is 5.92 Å². The van der Waals surface area contributed by atoms with Gasteiger partial charge < -0.3 is 14.4 Å². The number of benzene rings is 1. The molecule has 0 radical (unpaired) electrons. The Labute approximate surface area is 186 Å². The summed E-state index contributed by atoms with van der Waals surface area (Å²) in [6, 6.07) is 16.1. The van der Waals surface area contributed by atoms with Crippen LogP contribution in [0.3, 0.4) is 0 Å². The lowest BCUT2D eigenvalue weighted by molar-refractivity contribution is 0.0599. The first-order valence-electron chi connectivity index (χ1n) is 10.8. The van der Waals surface area contributed by atoms with Crippen molar-refractivity contribution >= 4 is 17.2 Å². The molecule has 160 valence electrons. The summed E-state index contributed by atoms with van der Waals surface area (Å²) in [4.78, 5) is 31.4. The van der Waals surface area contributed by atoms with Gasteiger partial charge in [-0.2, -0.15) is 0 Å². The third-order valence-electron chi connectivity index (χ3n) is 6.42. The van der Waals surface area contributed by atoms with Gasteiger partial charge in [0.15, 0.2) is 0 Å². The van der Waals surface area contributed by atoms with Crippen LogP contribution < -0.4 is 5.56 Å². The van der Waals surface area contributed by atoms with Gasteiger partial charge in [0.1, 0.15) is 0 Å². The number of hydrogen-bond donors (Lipinski definition) is 0. The number of aromatic nitrogens is 1. The fourth-order valence-electron chi connectivity index (χ4n) is 5.13. The zero-order chi connectivity index (χ0) is 21.5. The molecule has 1 saturated heterocycles. The molecular weight excluding hydrogens is 406 g/mol. The van der Waals surface area contributed by atoms with Crippen molar-refractivity contribution < 1.29 is 4.79 Å². The summed E-state index contributed by atoms with van der Waals surface area (Å²) in [5, 5.41) is 1.95. The third kappa shape index (κ3) is 3.75. The highest BCUT2D eigenvalue weighted by Crippen LogP contribution is 2.36. The van der Waals surface area contributed by atoms with Crippen LogP contribution in [-0.4, -0.2) is 47.5 Å². The van der Waals surface area contributed by atoms with Crippen LogP contribution in [0.5, 0.6) is 0 Å². The van der Waals surface area contributed by atoms with E-state index in [9.17, 15) is 9.59 Å². The third-order valence-corrected chi connectivity index (χ3v) is 7.28. The van der Waals surface area contributed by atoms with Crippen LogP contribution in [0.4, 0.5) is 0 Å². The van der Waals surface area contributed by atoms with Crippen molar-refractivity contribution in [1.82, 2.24) is 14.4 Å². The second-order valence-electron chi connectivity index (χ2n) is 8.97. The Morgan fingerprint density at radius 2 is 1.87 bits per heavy atom. The molecule has 0 spiro atoms. The minimum Gasteiger partial charge on any atom is -0.337 e. The second kappa shape index (κ2) is 8.09. The first kappa shape index (κ1) is 20.2. The molecule has 2 aliphatic rings. The van der Waals surface area contributed by atoms with Gasteiger partial charge in [0.2, 0.25) is 0 Å². The van der Waals surface area contributed by atoms with E-state index < -0.39 is 0 Å². The monoisotopic (exact) mass is 433 g/mol. The van der Waals surface area contributed by atoms with E-state index in [1.807, 2.05) is 65.3 Å². The number of carbonyl (C=O) groups excluding carboxylic acids is 1. The van der Waals surface area contributed by atoms with Crippen LogP contribution in [-0.2, 0) is 13.1 Å². The highest BCUT2D eigenvalue weighted by molar-refractivity contribution is 7.12. The van der Waals surface area contributed by atoms with Crippen LogP contribution in [0.25, 0.3) is 11.1 Å². The molecule has 3 aromatic rings. The summed E-state index contributed by atoms with van der Waals surface area (Å²) in [5.41, 5.74) is 4.11. The Morgan fingerprint density at radius 1 is 1.03 bits per heavy atom. The predicted octanol–water partition coefficient (Wildman–Crippen LogP) is 3.90. The molecule has 31 heavy (non-hydrogen) atoms. The molecule has 0 aliphatic carbocycles. The first-order valence-corrected chi connectivity index (χ1v) is 11.7. The Morgan fingerprint density at radius 3 is 2.65 bits per heavy atom. The summed E-state index contributed by atoms with van der Waals surface area (Å²) < 4.78 is 1.98. The molecular formula is C25H27N3O2S. The molecule has 1 amide bonds. The van der Waals surface area contributed by atoms with Crippen LogP contribution in [0.2, 0.25) is 0 Å². The number of rotatable bonds is 4. The van der Waals surface area contributed by atoms with Crippen molar-refractivity contribution in [3.05, 3.63) is 80.4 Å². The fraction of sp³-hybridized carbons (Fsp3) is 0.360. The predicted molar refractivity (Wildman–Crippen MR) is 125 cm³/mol. The van der Waals surface area contributed by atoms with E-state index in [0.717, 1.165) is 46.8 Å². The first-order chi connectivity index (χ1) is 15.0. The van der Waals surface area contributed by atoms with Gasteiger partial charge in [-0.25, -0.2) is 0 Å². The molecule has 4 heterocycles. The molecule has 2 bridgehead atoms. The van der Waals surface area contributed by atoms with Gasteiger partial charge in [0, 0.05) is 43.4 Å². The maximum absolute atomic E-state index is 13.6. The van der Waals surface area contributed by atoms with E-state index in [4.69, 9.17) is 0 Å². The van der Waals surface area contributed by atoms with Crippen molar-refractivity contribution in [3.8, 4) is 11.1 Å². The number of thiophene rings is 1. The Hall–Kier alpha value is -2.70. The molecule has 2 aromatic heterocycles. The highest BCUT2D eigenvalue weighted by atomic mass is 32.1. The van der Waals surface area contributed by atoms with Crippen molar-refractivity contribution in [2.24, 2.45) is 5.92 Å². The summed E-state index contributed by atoms with van der Waals surface area (Å²) >= 11 is 1.50. The normalized spacial score (nSPS) is 20.0. The smallest absolute Gasteiger partial charge is 0.263 e. The quantitative estimate of drug-likeness (QED) is 0.627. The van der Waals surface area contributed by atoms with Crippen molar-refractivity contribution in [2.75, 3.05) is 27.2 Å². The maximum atomic E-state index is 13.6. The Balaban J connectivity index is 1.48. The topological polar surface area (TPSA) is 45.6 Å². The second-order valence-corrected chi connectivity index (χ2v) is 9.92. The summed E-state index contributed by atoms with van der Waals surface area (Å²) in [7, 11) is 4.09. The minimum atomic E-state index is 0.0939. The van der Waals surface area contributed by atoms with Gasteiger partial charge >= 0.3 is 0 Å². The molecule has 6 heteroatoms. The highest BCUT2D eigenvalue weighted by Gasteiger charge is 2.37. The van der Waals surface area contributed by atoms with E-state index in [2.05, 4.69) is 17.0 Å². The standard InChI is InChI=1S/C25H27N3O2S/c1-26(2)15-18-6-3-4-7-20(18)21-9-10-22-19-12-17(14-28(22)24(21)29)13-27(16-19)25(30)23-8-5-11-31-23/h3-11,17,19H,12-16H2,1-2H3/t17-,19-/m1/s1. The van der Waals surface area contributed by atoms with E-state index in [1.165, 1.54) is 11.3 Å². The lowest BCUT2D eigenvalue weighted by Gasteiger charge is -2.42. The molecule has 0 unspecified atom stereocenters. The molecule has 1 fully saturated rings. The van der Waals surface area contributed by atoms with Gasteiger partial charge in [0.25, 0.3) is 11.5 Å². The molecule has 0 N–H and O–H groups in total. The summed E-state index contributed by atoms with van der Waals surface area (Å²) in [6.45, 7) is 2.88. The van der Waals surface area contributed by atoms with Crippen molar-refractivity contribution in [3.63, 3.8) is 0 Å². The molecule has 2 aliphatic heterocycles. The number of fused-ring (bicyclic) bond motifs is 4. The lowest BCUT2D eigenvalue weighted by Crippen LogP contribution is -2.49. The van der Waals surface area contributed by atoms with Gasteiger partial charge in [-0.3, -0.25) is 9.59 Å². The van der Waals surface area contributed by atoms with Crippen LogP contribution in [0.15, 0.2) is 58.7 Å². The summed E-state index contributed by atoms with van der Waals surface area (Å²) in [6.07, 6.45) is 1.05. The van der Waals surface area contributed by atoms with E-state index >= 15 is 0 Å².